The van der Waals surface area contributed by atoms with Crippen LogP contribution in [0.15, 0.2) is 109 Å². The number of rotatable bonds is 11. The summed E-state index contributed by atoms with van der Waals surface area (Å²) in [5, 5.41) is 19.4. The summed E-state index contributed by atoms with van der Waals surface area (Å²) in [7, 11) is 0. The highest BCUT2D eigenvalue weighted by atomic mass is 16.7. The number of benzene rings is 4. The Kier molecular flexibility index (Phi) is 7.75. The van der Waals surface area contributed by atoms with E-state index in [4.69, 9.17) is 19.6 Å². The Morgan fingerprint density at radius 3 is 2.00 bits per heavy atom. The van der Waals surface area contributed by atoms with Crippen LogP contribution in [0.25, 0.3) is 22.5 Å². The molecule has 0 radical (unpaired) electrons. The van der Waals surface area contributed by atoms with Gasteiger partial charge < -0.3 is 9.47 Å². The predicted molar refractivity (Wildman–Crippen MR) is 155 cm³/mol. The molecule has 6 aromatic rings. The minimum absolute atomic E-state index is 0.479. The van der Waals surface area contributed by atoms with Crippen molar-refractivity contribution < 1.29 is 9.47 Å². The van der Waals surface area contributed by atoms with Crippen LogP contribution >= 0.6 is 0 Å². The van der Waals surface area contributed by atoms with E-state index in [0.29, 0.717) is 29.6 Å². The van der Waals surface area contributed by atoms with Gasteiger partial charge in [-0.05, 0) is 52.6 Å². The highest BCUT2D eigenvalue weighted by Gasteiger charge is 2.23. The highest BCUT2D eigenvalue weighted by molar-refractivity contribution is 5.80. The highest BCUT2D eigenvalue weighted by Crippen LogP contribution is 2.30. The van der Waals surface area contributed by atoms with E-state index in [-0.39, 0.29) is 0 Å². The van der Waals surface area contributed by atoms with Crippen LogP contribution < -0.4 is 9.47 Å². The zero-order valence-corrected chi connectivity index (χ0v) is 22.6. The first-order valence-electron chi connectivity index (χ1n) is 13.6. The summed E-state index contributed by atoms with van der Waals surface area (Å²) in [5.74, 6) is 3.25. The SMILES string of the molecule is CCCn1nc(C(Oc2ccccc2)Oc2ccccc2)nc1Cc1ccc(-c2ccccc2-c2nn[nH]n2)cc1. The third-order valence-electron chi connectivity index (χ3n) is 6.52. The van der Waals surface area contributed by atoms with Crippen LogP contribution in [0.1, 0.15) is 36.8 Å². The number of nitrogens with zero attached hydrogens (tertiary/aromatic N) is 6. The van der Waals surface area contributed by atoms with Gasteiger partial charge in [0.15, 0.2) is 0 Å². The number of H-pyrrole nitrogens is 1. The van der Waals surface area contributed by atoms with Crippen LogP contribution in [0.4, 0.5) is 0 Å². The number of hydrogen-bond acceptors (Lipinski definition) is 7. The van der Waals surface area contributed by atoms with Gasteiger partial charge in [0.1, 0.15) is 17.3 Å². The monoisotopic (exact) mass is 543 g/mol. The zero-order chi connectivity index (χ0) is 27.9. The molecule has 0 fully saturated rings. The number of para-hydroxylation sites is 2. The summed E-state index contributed by atoms with van der Waals surface area (Å²) >= 11 is 0. The lowest BCUT2D eigenvalue weighted by atomic mass is 9.98. The third-order valence-corrected chi connectivity index (χ3v) is 6.52. The van der Waals surface area contributed by atoms with Crippen molar-refractivity contribution in [2.45, 2.75) is 32.6 Å². The standard InChI is InChI=1S/C32H29N7O2/c1-2-21-39-29(22-23-17-19-24(20-18-23)27-15-9-10-16-28(27)30-34-37-38-35-30)33-31(36-39)32(40-25-11-5-3-6-12-25)41-26-13-7-4-8-14-26/h3-20,32H,2,21-22H2,1H3,(H,34,35,37,38). The van der Waals surface area contributed by atoms with Gasteiger partial charge in [0, 0.05) is 18.5 Å². The Morgan fingerprint density at radius 1 is 0.756 bits per heavy atom. The van der Waals surface area contributed by atoms with E-state index >= 15 is 0 Å². The van der Waals surface area contributed by atoms with E-state index in [1.54, 1.807) is 0 Å². The zero-order valence-electron chi connectivity index (χ0n) is 22.6. The summed E-state index contributed by atoms with van der Waals surface area (Å²) in [6.07, 6.45) is 0.731. The van der Waals surface area contributed by atoms with Crippen molar-refractivity contribution >= 4 is 0 Å². The van der Waals surface area contributed by atoms with Gasteiger partial charge in [0.25, 0.3) is 0 Å². The van der Waals surface area contributed by atoms with Crippen LogP contribution in [0.3, 0.4) is 0 Å². The van der Waals surface area contributed by atoms with Gasteiger partial charge in [-0.25, -0.2) is 9.67 Å². The van der Waals surface area contributed by atoms with Crippen LogP contribution in [-0.4, -0.2) is 35.4 Å². The quantitative estimate of drug-likeness (QED) is 0.192. The Bertz CT molecular complexity index is 1630. The van der Waals surface area contributed by atoms with Crippen LogP contribution in [0.5, 0.6) is 11.5 Å². The summed E-state index contributed by atoms with van der Waals surface area (Å²) in [4.78, 5) is 4.92. The van der Waals surface area contributed by atoms with Gasteiger partial charge in [-0.3, -0.25) is 0 Å². The molecule has 0 unspecified atom stereocenters. The summed E-state index contributed by atoms with van der Waals surface area (Å²) in [6.45, 7) is 2.86. The molecular formula is C32H29N7O2. The van der Waals surface area contributed by atoms with Crippen molar-refractivity contribution in [2.75, 3.05) is 0 Å². The molecule has 0 bridgehead atoms. The molecule has 9 heteroatoms. The first-order valence-corrected chi connectivity index (χ1v) is 13.6. The number of nitrogens with one attached hydrogen (secondary N) is 1. The van der Waals surface area contributed by atoms with E-state index in [9.17, 15) is 0 Å². The van der Waals surface area contributed by atoms with E-state index in [1.807, 2.05) is 83.5 Å². The smallest absolute Gasteiger partial charge is 0.303 e. The largest absolute Gasteiger partial charge is 0.448 e. The van der Waals surface area contributed by atoms with E-state index in [0.717, 1.165) is 41.0 Å². The second-order valence-corrected chi connectivity index (χ2v) is 9.46. The van der Waals surface area contributed by atoms with Crippen molar-refractivity contribution in [3.8, 4) is 34.0 Å². The number of tetrazole rings is 1. The molecule has 6 rings (SSSR count). The summed E-state index contributed by atoms with van der Waals surface area (Å²) in [6, 6.07) is 35.6. The molecule has 2 aromatic heterocycles. The topological polar surface area (TPSA) is 104 Å². The lowest BCUT2D eigenvalue weighted by molar-refractivity contribution is -0.00355. The lowest BCUT2D eigenvalue weighted by Crippen LogP contribution is -2.17. The first-order chi connectivity index (χ1) is 20.3. The van der Waals surface area contributed by atoms with Gasteiger partial charge in [0.05, 0.1) is 0 Å². The molecule has 0 aliphatic heterocycles. The fourth-order valence-electron chi connectivity index (χ4n) is 4.58. The Labute approximate surface area is 237 Å². The Hall–Kier alpha value is -5.31. The number of aryl methyl sites for hydroxylation is 1. The molecule has 0 atom stereocenters. The second-order valence-electron chi connectivity index (χ2n) is 9.46. The molecule has 204 valence electrons. The van der Waals surface area contributed by atoms with Crippen molar-refractivity contribution in [1.82, 2.24) is 35.4 Å². The van der Waals surface area contributed by atoms with Crippen molar-refractivity contribution in [1.29, 1.82) is 0 Å². The van der Waals surface area contributed by atoms with E-state index < -0.39 is 6.29 Å². The van der Waals surface area contributed by atoms with Crippen LogP contribution in [-0.2, 0) is 13.0 Å². The number of aromatic amines is 1. The summed E-state index contributed by atoms with van der Waals surface area (Å²) in [5.41, 5.74) is 4.14. The van der Waals surface area contributed by atoms with Gasteiger partial charge in [-0.2, -0.15) is 5.21 Å². The molecule has 41 heavy (non-hydrogen) atoms. The fourth-order valence-corrected chi connectivity index (χ4v) is 4.58. The predicted octanol–water partition coefficient (Wildman–Crippen LogP) is 6.28. The number of hydrogen-bond donors (Lipinski definition) is 1. The number of aromatic nitrogens is 7. The Morgan fingerprint density at radius 2 is 1.39 bits per heavy atom. The lowest BCUT2D eigenvalue weighted by Gasteiger charge is -2.18. The molecule has 0 saturated heterocycles. The maximum absolute atomic E-state index is 6.23. The maximum Gasteiger partial charge on any atom is 0.303 e. The average molecular weight is 544 g/mol. The van der Waals surface area contributed by atoms with Crippen LogP contribution in [0.2, 0.25) is 0 Å². The fraction of sp³-hybridized carbons (Fsp3) is 0.156. The van der Waals surface area contributed by atoms with Crippen molar-refractivity contribution in [3.05, 3.63) is 126 Å². The van der Waals surface area contributed by atoms with Gasteiger partial charge in [-0.15, -0.1) is 15.3 Å². The van der Waals surface area contributed by atoms with E-state index in [2.05, 4.69) is 57.9 Å². The summed E-state index contributed by atoms with van der Waals surface area (Å²) < 4.78 is 14.4. The average Bonchev–Trinajstić information content (AvgIpc) is 3.70. The van der Waals surface area contributed by atoms with E-state index in [1.165, 1.54) is 0 Å². The molecule has 4 aromatic carbocycles. The molecule has 0 aliphatic carbocycles. The normalized spacial score (nSPS) is 11.1. The molecule has 0 amide bonds. The molecular weight excluding hydrogens is 514 g/mol. The van der Waals surface area contributed by atoms with Crippen LogP contribution in [0, 0.1) is 0 Å². The van der Waals surface area contributed by atoms with Crippen molar-refractivity contribution in [2.24, 2.45) is 0 Å². The third kappa shape index (κ3) is 6.14. The van der Waals surface area contributed by atoms with Gasteiger partial charge >= 0.3 is 6.29 Å². The molecule has 2 heterocycles. The second kappa shape index (κ2) is 12.3. The molecule has 0 spiro atoms. The van der Waals surface area contributed by atoms with Gasteiger partial charge in [0.2, 0.25) is 11.6 Å². The number of ether oxygens (including phenoxy) is 2. The molecule has 1 N–H and O–H groups in total. The molecule has 9 nitrogen and oxygen atoms in total. The van der Waals surface area contributed by atoms with Gasteiger partial charge in [-0.1, -0.05) is 91.9 Å². The van der Waals surface area contributed by atoms with Crippen molar-refractivity contribution in [3.63, 3.8) is 0 Å². The Balaban J connectivity index is 1.27. The maximum atomic E-state index is 6.23. The minimum Gasteiger partial charge on any atom is -0.448 e. The molecule has 0 aliphatic rings. The molecule has 0 saturated carbocycles. The first kappa shape index (κ1) is 25.9. The minimum atomic E-state index is -0.805.